The van der Waals surface area contributed by atoms with Crippen LogP contribution in [0.4, 0.5) is 0 Å². The van der Waals surface area contributed by atoms with Gasteiger partial charge in [-0.15, -0.1) is 0 Å². The van der Waals surface area contributed by atoms with E-state index in [1.54, 1.807) is 24.3 Å². The maximum absolute atomic E-state index is 12.9. The van der Waals surface area contributed by atoms with E-state index in [4.69, 9.17) is 14.2 Å². The van der Waals surface area contributed by atoms with Gasteiger partial charge >= 0.3 is 0 Å². The molecule has 0 amide bonds. The first-order chi connectivity index (χ1) is 15.5. The lowest BCUT2D eigenvalue weighted by atomic mass is 9.95. The van der Waals surface area contributed by atoms with Crippen molar-refractivity contribution in [2.45, 2.75) is 6.54 Å². The van der Waals surface area contributed by atoms with Crippen LogP contribution in [0.5, 0.6) is 17.2 Å². The van der Waals surface area contributed by atoms with E-state index >= 15 is 0 Å². The molecule has 3 aromatic rings. The highest BCUT2D eigenvalue weighted by molar-refractivity contribution is 6.23. The Kier molecular flexibility index (Phi) is 5.89. The summed E-state index contributed by atoms with van der Waals surface area (Å²) in [5.74, 6) is 0.802. The molecule has 0 aliphatic heterocycles. The van der Waals surface area contributed by atoms with Crippen LogP contribution >= 0.6 is 0 Å². The van der Waals surface area contributed by atoms with E-state index in [0.29, 0.717) is 35.1 Å². The second-order valence-electron chi connectivity index (χ2n) is 7.10. The first-order valence-corrected chi connectivity index (χ1v) is 9.95. The molecule has 4 rings (SSSR count). The molecule has 7 nitrogen and oxygen atoms in total. The van der Waals surface area contributed by atoms with Gasteiger partial charge in [0.2, 0.25) is 17.3 Å². The molecule has 0 saturated carbocycles. The molecule has 1 aromatic heterocycles. The number of nitrogens with zero attached hydrogens (tertiary/aromatic N) is 1. The van der Waals surface area contributed by atoms with Crippen LogP contribution in [0.1, 0.15) is 26.4 Å². The molecule has 0 fully saturated rings. The summed E-state index contributed by atoms with van der Waals surface area (Å²) in [5.41, 5.74) is 2.83. The largest absolute Gasteiger partial charge is 0.493 e. The van der Waals surface area contributed by atoms with E-state index in [2.05, 4.69) is 10.3 Å². The molecular weight excluding hydrogens is 408 g/mol. The Morgan fingerprint density at radius 3 is 2.19 bits per heavy atom. The van der Waals surface area contributed by atoms with Crippen LogP contribution in [0.3, 0.4) is 0 Å². The monoisotopic (exact) mass is 430 g/mol. The van der Waals surface area contributed by atoms with Gasteiger partial charge < -0.3 is 19.5 Å². The van der Waals surface area contributed by atoms with E-state index in [1.165, 1.54) is 27.4 Å². The minimum absolute atomic E-state index is 0.117. The first-order valence-electron chi connectivity index (χ1n) is 9.95. The average Bonchev–Trinajstić information content (AvgIpc) is 2.84. The molecule has 0 radical (unpaired) electrons. The number of ketones is 2. The molecule has 0 unspecified atom stereocenters. The molecule has 7 heteroatoms. The molecule has 0 bridgehead atoms. The summed E-state index contributed by atoms with van der Waals surface area (Å²) in [6.07, 6.45) is 1.31. The second kappa shape index (κ2) is 8.93. The van der Waals surface area contributed by atoms with Crippen molar-refractivity contribution in [2.24, 2.45) is 0 Å². The normalized spacial score (nSPS) is 12.7. The SMILES string of the molecule is COc1cc(-c2ccc3c(n2)C(=O)C=C(NCc2ccccc2)C3=O)cc(OC)c1OC. The summed E-state index contributed by atoms with van der Waals surface area (Å²) in [6.45, 7) is 0.442. The number of carbonyl (C=O) groups excluding carboxylic acids is 2. The maximum atomic E-state index is 12.9. The van der Waals surface area contributed by atoms with Crippen molar-refractivity contribution in [3.05, 3.63) is 83.2 Å². The van der Waals surface area contributed by atoms with Gasteiger partial charge in [0.05, 0.1) is 38.3 Å². The summed E-state index contributed by atoms with van der Waals surface area (Å²) in [6, 6.07) is 16.5. The third-order valence-corrected chi connectivity index (χ3v) is 5.18. The van der Waals surface area contributed by atoms with Crippen LogP contribution in [-0.4, -0.2) is 37.9 Å². The fourth-order valence-electron chi connectivity index (χ4n) is 3.55. The van der Waals surface area contributed by atoms with Crippen LogP contribution in [0.25, 0.3) is 11.3 Å². The smallest absolute Gasteiger partial charge is 0.211 e. The Labute approximate surface area is 185 Å². The first kappa shape index (κ1) is 21.1. The predicted octanol–water partition coefficient (Wildman–Crippen LogP) is 3.83. The van der Waals surface area contributed by atoms with Gasteiger partial charge in [0, 0.05) is 18.2 Å². The van der Waals surface area contributed by atoms with E-state index in [-0.39, 0.29) is 28.5 Å². The molecule has 162 valence electrons. The highest BCUT2D eigenvalue weighted by Crippen LogP contribution is 2.41. The lowest BCUT2D eigenvalue weighted by Crippen LogP contribution is -2.27. The molecule has 1 N–H and O–H groups in total. The molecule has 2 aromatic carbocycles. The third kappa shape index (κ3) is 3.92. The third-order valence-electron chi connectivity index (χ3n) is 5.18. The number of allylic oxidation sites excluding steroid dienone is 2. The molecular formula is C25H22N2O5. The highest BCUT2D eigenvalue weighted by Gasteiger charge is 2.27. The van der Waals surface area contributed by atoms with Gasteiger partial charge in [-0.25, -0.2) is 4.98 Å². The number of nitrogens with one attached hydrogen (secondary N) is 1. The fourth-order valence-corrected chi connectivity index (χ4v) is 3.55. The number of fused-ring (bicyclic) bond motifs is 1. The Morgan fingerprint density at radius 2 is 1.56 bits per heavy atom. The van der Waals surface area contributed by atoms with Crippen LogP contribution < -0.4 is 19.5 Å². The van der Waals surface area contributed by atoms with Crippen molar-refractivity contribution in [1.29, 1.82) is 0 Å². The number of hydrogen-bond donors (Lipinski definition) is 1. The highest BCUT2D eigenvalue weighted by atomic mass is 16.5. The van der Waals surface area contributed by atoms with E-state index in [1.807, 2.05) is 30.3 Å². The fraction of sp³-hybridized carbons (Fsp3) is 0.160. The summed E-state index contributed by atoms with van der Waals surface area (Å²) < 4.78 is 16.1. The maximum Gasteiger partial charge on any atom is 0.211 e. The van der Waals surface area contributed by atoms with Gasteiger partial charge in [-0.2, -0.15) is 0 Å². The number of methoxy groups -OCH3 is 3. The lowest BCUT2D eigenvalue weighted by Gasteiger charge is -2.18. The Balaban J connectivity index is 1.65. The minimum atomic E-state index is -0.329. The number of rotatable bonds is 7. The van der Waals surface area contributed by atoms with Crippen LogP contribution in [0, 0.1) is 0 Å². The predicted molar refractivity (Wildman–Crippen MR) is 119 cm³/mol. The van der Waals surface area contributed by atoms with Crippen LogP contribution in [0.2, 0.25) is 0 Å². The molecule has 1 aliphatic carbocycles. The zero-order valence-corrected chi connectivity index (χ0v) is 18.0. The van der Waals surface area contributed by atoms with Crippen molar-refractivity contribution in [3.8, 4) is 28.5 Å². The summed E-state index contributed by atoms with van der Waals surface area (Å²) in [5, 5.41) is 3.06. The van der Waals surface area contributed by atoms with Gasteiger partial charge in [0.15, 0.2) is 11.5 Å². The van der Waals surface area contributed by atoms with E-state index in [0.717, 1.165) is 5.56 Å². The van der Waals surface area contributed by atoms with Crippen LogP contribution in [-0.2, 0) is 6.54 Å². The molecule has 0 atom stereocenters. The average molecular weight is 430 g/mol. The molecule has 32 heavy (non-hydrogen) atoms. The molecule has 0 saturated heterocycles. The van der Waals surface area contributed by atoms with E-state index in [9.17, 15) is 9.59 Å². The van der Waals surface area contributed by atoms with Crippen molar-refractivity contribution in [2.75, 3.05) is 21.3 Å². The summed E-state index contributed by atoms with van der Waals surface area (Å²) in [7, 11) is 4.58. The number of aromatic nitrogens is 1. The molecule has 1 aliphatic rings. The van der Waals surface area contributed by atoms with Crippen LogP contribution in [0.15, 0.2) is 66.4 Å². The number of ether oxygens (including phenoxy) is 3. The Hall–Kier alpha value is -4.13. The number of pyridine rings is 1. The summed E-state index contributed by atoms with van der Waals surface area (Å²) in [4.78, 5) is 30.2. The van der Waals surface area contributed by atoms with Crippen molar-refractivity contribution >= 4 is 11.6 Å². The zero-order valence-electron chi connectivity index (χ0n) is 18.0. The van der Waals surface area contributed by atoms with Gasteiger partial charge in [0.25, 0.3) is 0 Å². The van der Waals surface area contributed by atoms with Gasteiger partial charge in [0.1, 0.15) is 5.69 Å². The number of benzene rings is 2. The zero-order chi connectivity index (χ0) is 22.7. The van der Waals surface area contributed by atoms with Gasteiger partial charge in [-0.1, -0.05) is 30.3 Å². The van der Waals surface area contributed by atoms with Crippen molar-refractivity contribution in [3.63, 3.8) is 0 Å². The molecule has 0 spiro atoms. The number of Topliss-reactive ketones (excluding diaryl/α,β-unsaturated/α-hetero) is 1. The minimum Gasteiger partial charge on any atom is -0.493 e. The second-order valence-corrected chi connectivity index (χ2v) is 7.10. The lowest BCUT2D eigenvalue weighted by molar-refractivity contribution is 0.0975. The van der Waals surface area contributed by atoms with Crippen molar-refractivity contribution in [1.82, 2.24) is 10.3 Å². The number of hydrogen-bond acceptors (Lipinski definition) is 7. The Bertz CT molecular complexity index is 1190. The molecule has 1 heterocycles. The van der Waals surface area contributed by atoms with E-state index < -0.39 is 0 Å². The topological polar surface area (TPSA) is 86.8 Å². The Morgan fingerprint density at radius 1 is 0.875 bits per heavy atom. The standard InChI is InChI=1S/C25H22N2O5/c1-30-21-11-16(12-22(31-2)25(21)32-3)18-10-9-17-23(27-18)20(28)13-19(24(17)29)26-14-15-7-5-4-6-8-15/h4-13,26H,14H2,1-3H3. The summed E-state index contributed by atoms with van der Waals surface area (Å²) >= 11 is 0. The number of carbonyl (C=O) groups is 2. The van der Waals surface area contributed by atoms with Gasteiger partial charge in [-0.05, 0) is 29.8 Å². The quantitative estimate of drug-likeness (QED) is 0.610. The van der Waals surface area contributed by atoms with Gasteiger partial charge in [-0.3, -0.25) is 9.59 Å². The van der Waals surface area contributed by atoms with Crippen molar-refractivity contribution < 1.29 is 23.8 Å².